The van der Waals surface area contributed by atoms with E-state index in [4.69, 9.17) is 4.74 Å². The lowest BCUT2D eigenvalue weighted by Gasteiger charge is -2.31. The number of carbonyl (C=O) groups is 1. The van der Waals surface area contributed by atoms with E-state index < -0.39 is 18.8 Å². The van der Waals surface area contributed by atoms with Gasteiger partial charge in [0.2, 0.25) is 11.9 Å². The number of allylic oxidation sites excluding steroid dienone is 2. The van der Waals surface area contributed by atoms with Gasteiger partial charge in [0.05, 0.1) is 13.2 Å². The van der Waals surface area contributed by atoms with Gasteiger partial charge in [-0.3, -0.25) is 4.79 Å². The molecule has 1 fully saturated rings. The van der Waals surface area contributed by atoms with Crippen molar-refractivity contribution in [1.29, 1.82) is 0 Å². The molecular weight excluding hydrogens is 469 g/mol. The van der Waals surface area contributed by atoms with Crippen LogP contribution in [-0.4, -0.2) is 48.5 Å². The lowest BCUT2D eigenvalue weighted by Crippen LogP contribution is -2.36. The normalized spacial score (nSPS) is 18.8. The van der Waals surface area contributed by atoms with E-state index in [1.54, 1.807) is 6.07 Å². The molecule has 2 aliphatic rings. The molecule has 2 aromatic rings. The van der Waals surface area contributed by atoms with Crippen LogP contribution in [0.2, 0.25) is 0 Å². The third kappa shape index (κ3) is 6.77. The highest BCUT2D eigenvalue weighted by atomic mass is 19.3. The van der Waals surface area contributed by atoms with Gasteiger partial charge in [-0.2, -0.15) is 0 Å². The molecule has 0 spiro atoms. The van der Waals surface area contributed by atoms with Crippen molar-refractivity contribution in [1.82, 2.24) is 15.3 Å². The Balaban J connectivity index is 1.24. The molecular formula is C27H33F3N4O2. The Morgan fingerprint density at radius 3 is 2.56 bits per heavy atom. The van der Waals surface area contributed by atoms with Crippen molar-refractivity contribution in [3.63, 3.8) is 0 Å². The average molecular weight is 503 g/mol. The van der Waals surface area contributed by atoms with Gasteiger partial charge in [-0.05, 0) is 73.3 Å². The predicted molar refractivity (Wildman–Crippen MR) is 133 cm³/mol. The summed E-state index contributed by atoms with van der Waals surface area (Å²) in [5.41, 5.74) is 2.84. The number of aromatic nitrogens is 2. The number of nitrogens with one attached hydrogen (secondary N) is 1. The van der Waals surface area contributed by atoms with Crippen LogP contribution in [0.25, 0.3) is 5.57 Å². The molecule has 6 nitrogen and oxygen atoms in total. The molecule has 1 aromatic carbocycles. The van der Waals surface area contributed by atoms with Gasteiger partial charge in [0, 0.05) is 31.4 Å². The summed E-state index contributed by atoms with van der Waals surface area (Å²) < 4.78 is 45.2. The SMILES string of the molecule is CCc1cnc(N2CCC(COc3ccc(C4=CCC(C(=O)NCC(F)F)CC4)cc3F)CC2)nc1. The standard InChI is InChI=1S/C27H33F3N4O2/c1-2-18-14-32-27(33-15-18)34-11-9-19(10-12-34)17-36-24-8-7-22(13-23(24)28)20-3-5-21(6-4-20)26(35)31-16-25(29)30/h3,7-8,13-15,19,21,25H,2,4-6,9-12,16-17H2,1H3,(H,31,35). The summed E-state index contributed by atoms with van der Waals surface area (Å²) in [6.45, 7) is 3.59. The van der Waals surface area contributed by atoms with E-state index in [2.05, 4.69) is 27.1 Å². The number of alkyl halides is 2. The van der Waals surface area contributed by atoms with Crippen molar-refractivity contribution in [3.05, 3.63) is 53.6 Å². The van der Waals surface area contributed by atoms with Crippen LogP contribution < -0.4 is 15.0 Å². The lowest BCUT2D eigenvalue weighted by molar-refractivity contribution is -0.125. The first-order chi connectivity index (χ1) is 17.4. The summed E-state index contributed by atoms with van der Waals surface area (Å²) in [6, 6.07) is 4.96. The molecule has 1 atom stereocenters. The third-order valence-electron chi connectivity index (χ3n) is 6.99. The van der Waals surface area contributed by atoms with Crippen LogP contribution in [-0.2, 0) is 11.2 Å². The van der Waals surface area contributed by atoms with Crippen molar-refractivity contribution >= 4 is 17.4 Å². The fourth-order valence-electron chi connectivity index (χ4n) is 4.68. The number of aryl methyl sites for hydroxylation is 1. The van der Waals surface area contributed by atoms with Crippen LogP contribution in [0.15, 0.2) is 36.7 Å². The molecule has 1 N–H and O–H groups in total. The zero-order chi connectivity index (χ0) is 25.5. The number of carbonyl (C=O) groups excluding carboxylic acids is 1. The summed E-state index contributed by atoms with van der Waals surface area (Å²) in [5, 5.41) is 2.28. The molecule has 194 valence electrons. The molecule has 4 rings (SSSR count). The predicted octanol–water partition coefficient (Wildman–Crippen LogP) is 5.04. The Bertz CT molecular complexity index is 1050. The molecule has 1 amide bonds. The van der Waals surface area contributed by atoms with Crippen LogP contribution in [0.4, 0.5) is 19.1 Å². The second-order valence-electron chi connectivity index (χ2n) is 9.47. The molecule has 1 unspecified atom stereocenters. The molecule has 1 aliphatic heterocycles. The van der Waals surface area contributed by atoms with E-state index in [0.717, 1.165) is 55.0 Å². The van der Waals surface area contributed by atoms with Gasteiger partial charge in [-0.1, -0.05) is 19.1 Å². The van der Waals surface area contributed by atoms with E-state index in [1.807, 2.05) is 24.5 Å². The van der Waals surface area contributed by atoms with Gasteiger partial charge in [0.15, 0.2) is 11.6 Å². The molecule has 1 aromatic heterocycles. The van der Waals surface area contributed by atoms with Crippen molar-refractivity contribution in [2.24, 2.45) is 11.8 Å². The zero-order valence-electron chi connectivity index (χ0n) is 20.6. The highest BCUT2D eigenvalue weighted by Gasteiger charge is 2.24. The number of rotatable bonds is 9. The van der Waals surface area contributed by atoms with Crippen LogP contribution in [0.5, 0.6) is 5.75 Å². The molecule has 2 heterocycles. The van der Waals surface area contributed by atoms with Crippen LogP contribution >= 0.6 is 0 Å². The van der Waals surface area contributed by atoms with Crippen molar-refractivity contribution < 1.29 is 22.7 Å². The first-order valence-corrected chi connectivity index (χ1v) is 12.7. The van der Waals surface area contributed by atoms with E-state index in [-0.39, 0.29) is 17.6 Å². The van der Waals surface area contributed by atoms with Crippen molar-refractivity contribution in [2.45, 2.75) is 51.9 Å². The maximum atomic E-state index is 14.8. The quantitative estimate of drug-likeness (QED) is 0.521. The van der Waals surface area contributed by atoms with Crippen LogP contribution in [0.1, 0.15) is 50.2 Å². The molecule has 0 bridgehead atoms. The molecule has 1 aliphatic carbocycles. The molecule has 1 saturated heterocycles. The maximum Gasteiger partial charge on any atom is 0.255 e. The van der Waals surface area contributed by atoms with E-state index >= 15 is 0 Å². The molecule has 0 saturated carbocycles. The van der Waals surface area contributed by atoms with Gasteiger partial charge >= 0.3 is 0 Å². The zero-order valence-corrected chi connectivity index (χ0v) is 20.6. The minimum absolute atomic E-state index is 0.236. The number of hydrogen-bond acceptors (Lipinski definition) is 5. The second-order valence-corrected chi connectivity index (χ2v) is 9.47. The van der Waals surface area contributed by atoms with E-state index in [9.17, 15) is 18.0 Å². The van der Waals surface area contributed by atoms with Gasteiger partial charge in [-0.25, -0.2) is 23.1 Å². The Morgan fingerprint density at radius 2 is 1.94 bits per heavy atom. The smallest absolute Gasteiger partial charge is 0.255 e. The van der Waals surface area contributed by atoms with Gasteiger partial charge in [0.25, 0.3) is 6.43 Å². The van der Waals surface area contributed by atoms with Crippen molar-refractivity contribution in [3.8, 4) is 5.75 Å². The number of benzene rings is 1. The Kier molecular flexibility index (Phi) is 8.83. The molecule has 36 heavy (non-hydrogen) atoms. The summed E-state index contributed by atoms with van der Waals surface area (Å²) in [6.07, 6.45) is 7.46. The number of anilines is 1. The Hall–Kier alpha value is -3.10. The van der Waals surface area contributed by atoms with Gasteiger partial charge in [-0.15, -0.1) is 0 Å². The van der Waals surface area contributed by atoms with E-state index in [0.29, 0.717) is 31.8 Å². The number of halogens is 3. The summed E-state index contributed by atoms with van der Waals surface area (Å²) >= 11 is 0. The van der Waals surface area contributed by atoms with E-state index in [1.165, 1.54) is 6.07 Å². The Morgan fingerprint density at radius 1 is 1.19 bits per heavy atom. The van der Waals surface area contributed by atoms with Crippen LogP contribution in [0.3, 0.4) is 0 Å². The van der Waals surface area contributed by atoms with Gasteiger partial charge in [0.1, 0.15) is 0 Å². The summed E-state index contributed by atoms with van der Waals surface area (Å²) in [5.74, 6) is 0.240. The minimum Gasteiger partial charge on any atom is -0.490 e. The Labute approximate surface area is 210 Å². The highest BCUT2D eigenvalue weighted by molar-refractivity contribution is 5.80. The summed E-state index contributed by atoms with van der Waals surface area (Å²) in [7, 11) is 0. The fourth-order valence-corrected chi connectivity index (χ4v) is 4.68. The third-order valence-corrected chi connectivity index (χ3v) is 6.99. The maximum absolute atomic E-state index is 14.8. The largest absolute Gasteiger partial charge is 0.490 e. The number of ether oxygens (including phenoxy) is 1. The average Bonchev–Trinajstić information content (AvgIpc) is 2.91. The minimum atomic E-state index is -2.56. The number of hydrogen-bond donors (Lipinski definition) is 1. The highest BCUT2D eigenvalue weighted by Crippen LogP contribution is 2.32. The summed E-state index contributed by atoms with van der Waals surface area (Å²) in [4.78, 5) is 23.1. The van der Waals surface area contributed by atoms with Crippen LogP contribution in [0, 0.1) is 17.7 Å². The number of piperidine rings is 1. The molecule has 0 radical (unpaired) electrons. The monoisotopic (exact) mass is 502 g/mol. The number of amides is 1. The van der Waals surface area contributed by atoms with Crippen molar-refractivity contribution in [2.75, 3.05) is 31.1 Å². The fraction of sp³-hybridized carbons (Fsp3) is 0.519. The van der Waals surface area contributed by atoms with Gasteiger partial charge < -0.3 is 15.0 Å². The first-order valence-electron chi connectivity index (χ1n) is 12.7. The lowest BCUT2D eigenvalue weighted by atomic mass is 9.86. The second kappa shape index (κ2) is 12.2. The molecule has 9 heteroatoms. The topological polar surface area (TPSA) is 67.4 Å². The number of nitrogens with zero attached hydrogens (tertiary/aromatic N) is 3. The first kappa shape index (κ1) is 26.0.